The molecule has 1 aliphatic rings. The monoisotopic (exact) mass is 323 g/mol. The van der Waals surface area contributed by atoms with Crippen molar-refractivity contribution in [3.8, 4) is 0 Å². The molecule has 0 spiro atoms. The topological polar surface area (TPSA) is 47.6 Å². The molecule has 0 saturated carbocycles. The minimum Gasteiger partial charge on any atom is -0.347 e. The van der Waals surface area contributed by atoms with Gasteiger partial charge in [0.1, 0.15) is 0 Å². The summed E-state index contributed by atoms with van der Waals surface area (Å²) in [5, 5.41) is 2.97. The van der Waals surface area contributed by atoms with Crippen molar-refractivity contribution in [1.29, 1.82) is 0 Å². The summed E-state index contributed by atoms with van der Waals surface area (Å²) in [4.78, 5) is 12.2. The second kappa shape index (κ2) is 7.90. The molecule has 0 aliphatic carbocycles. The number of benzene rings is 2. The highest BCUT2D eigenvalue weighted by Crippen LogP contribution is 2.16. The number of ether oxygens (including phenoxy) is 2. The summed E-state index contributed by atoms with van der Waals surface area (Å²) in [6.45, 7) is 2.37. The molecule has 1 N–H and O–H groups in total. The Hall–Kier alpha value is -2.43. The van der Waals surface area contributed by atoms with Gasteiger partial charge in [-0.3, -0.25) is 4.79 Å². The predicted molar refractivity (Wildman–Crippen MR) is 93.5 cm³/mol. The first-order chi connectivity index (χ1) is 11.7. The van der Waals surface area contributed by atoms with Crippen LogP contribution in [0.15, 0.2) is 66.7 Å². The van der Waals surface area contributed by atoms with E-state index in [1.165, 1.54) is 0 Å². The molecule has 1 heterocycles. The van der Waals surface area contributed by atoms with E-state index in [1.807, 2.05) is 67.6 Å². The first kappa shape index (κ1) is 16.4. The van der Waals surface area contributed by atoms with E-state index < -0.39 is 6.29 Å². The summed E-state index contributed by atoms with van der Waals surface area (Å²) in [6, 6.07) is 19.0. The van der Waals surface area contributed by atoms with E-state index >= 15 is 0 Å². The first-order valence-corrected chi connectivity index (χ1v) is 8.08. The number of hydrogen-bond donors (Lipinski definition) is 1. The fourth-order valence-electron chi connectivity index (χ4n) is 2.53. The smallest absolute Gasteiger partial charge is 0.251 e. The number of nitrogens with one attached hydrogen (secondary N) is 1. The van der Waals surface area contributed by atoms with E-state index in [1.54, 1.807) is 12.1 Å². The van der Waals surface area contributed by atoms with Gasteiger partial charge in [0.25, 0.3) is 5.91 Å². The van der Waals surface area contributed by atoms with Crippen LogP contribution in [0.4, 0.5) is 0 Å². The molecule has 4 nitrogen and oxygen atoms in total. The normalized spacial score (nSPS) is 24.0. The van der Waals surface area contributed by atoms with Crippen LogP contribution in [0.2, 0.25) is 0 Å². The van der Waals surface area contributed by atoms with E-state index in [2.05, 4.69) is 5.32 Å². The van der Waals surface area contributed by atoms with Crippen molar-refractivity contribution in [3.05, 3.63) is 77.9 Å². The lowest BCUT2D eigenvalue weighted by Gasteiger charge is -2.34. The molecule has 0 bridgehead atoms. The lowest BCUT2D eigenvalue weighted by atomic mass is 10.1. The minimum absolute atomic E-state index is 0.113. The summed E-state index contributed by atoms with van der Waals surface area (Å²) in [5.74, 6) is -0.113. The Morgan fingerprint density at radius 1 is 1.08 bits per heavy atom. The molecule has 2 aromatic carbocycles. The van der Waals surface area contributed by atoms with Crippen molar-refractivity contribution in [2.45, 2.75) is 25.4 Å². The molecule has 3 rings (SSSR count). The second-order valence-electron chi connectivity index (χ2n) is 5.76. The van der Waals surface area contributed by atoms with E-state index in [4.69, 9.17) is 9.47 Å². The Morgan fingerprint density at radius 3 is 2.42 bits per heavy atom. The van der Waals surface area contributed by atoms with Gasteiger partial charge in [-0.15, -0.1) is 0 Å². The lowest BCUT2D eigenvalue weighted by Crippen LogP contribution is -2.51. The largest absolute Gasteiger partial charge is 0.347 e. The van der Waals surface area contributed by atoms with Crippen LogP contribution >= 0.6 is 0 Å². The van der Waals surface area contributed by atoms with Gasteiger partial charge in [-0.25, -0.2) is 0 Å². The Labute approximate surface area is 142 Å². The van der Waals surface area contributed by atoms with Crippen LogP contribution in [-0.2, 0) is 9.47 Å². The van der Waals surface area contributed by atoms with Gasteiger partial charge in [0.15, 0.2) is 6.29 Å². The molecular weight excluding hydrogens is 302 g/mol. The standard InChI is InChI=1S/C20H21NO3/c1-15-18(21-20(22)17-10-6-3-7-11-17)14-23-19(24-15)13-12-16-8-4-2-5-9-16/h2-13,15,18-19H,14H2,1H3,(H,21,22)/t15-,18+,19+/m0/s1. The Morgan fingerprint density at radius 2 is 1.75 bits per heavy atom. The third-order valence-corrected chi connectivity index (χ3v) is 3.95. The fourth-order valence-corrected chi connectivity index (χ4v) is 2.53. The third-order valence-electron chi connectivity index (χ3n) is 3.95. The molecule has 0 aromatic heterocycles. The number of amides is 1. The van der Waals surface area contributed by atoms with Gasteiger partial charge >= 0.3 is 0 Å². The molecule has 24 heavy (non-hydrogen) atoms. The SMILES string of the molecule is C[C@@H]1O[C@H](C=Cc2ccccc2)OC[C@H]1NC(=O)c1ccccc1. The molecule has 2 aromatic rings. The van der Waals surface area contributed by atoms with Gasteiger partial charge in [0, 0.05) is 5.56 Å². The van der Waals surface area contributed by atoms with Crippen molar-refractivity contribution >= 4 is 12.0 Å². The van der Waals surface area contributed by atoms with Gasteiger partial charge < -0.3 is 14.8 Å². The van der Waals surface area contributed by atoms with Crippen LogP contribution in [0.1, 0.15) is 22.8 Å². The quantitative estimate of drug-likeness (QED) is 0.939. The summed E-state index contributed by atoms with van der Waals surface area (Å²) >= 11 is 0. The molecule has 1 fully saturated rings. The van der Waals surface area contributed by atoms with E-state index in [-0.39, 0.29) is 18.1 Å². The molecule has 1 amide bonds. The average molecular weight is 323 g/mol. The highest BCUT2D eigenvalue weighted by Gasteiger charge is 2.29. The summed E-state index contributed by atoms with van der Waals surface area (Å²) in [7, 11) is 0. The van der Waals surface area contributed by atoms with Gasteiger partial charge in [-0.05, 0) is 30.7 Å². The van der Waals surface area contributed by atoms with E-state index in [0.717, 1.165) is 5.56 Å². The van der Waals surface area contributed by atoms with Crippen molar-refractivity contribution in [2.75, 3.05) is 6.61 Å². The van der Waals surface area contributed by atoms with Crippen LogP contribution < -0.4 is 5.32 Å². The zero-order valence-corrected chi connectivity index (χ0v) is 13.6. The second-order valence-corrected chi connectivity index (χ2v) is 5.76. The van der Waals surface area contributed by atoms with Crippen LogP contribution in [0.3, 0.4) is 0 Å². The number of carbonyl (C=O) groups excluding carboxylic acids is 1. The van der Waals surface area contributed by atoms with Gasteiger partial charge in [0.05, 0.1) is 18.8 Å². The number of hydrogen-bond acceptors (Lipinski definition) is 3. The molecule has 0 radical (unpaired) electrons. The highest BCUT2D eigenvalue weighted by molar-refractivity contribution is 5.94. The van der Waals surface area contributed by atoms with Crippen LogP contribution in [-0.4, -0.2) is 30.9 Å². The van der Waals surface area contributed by atoms with Crippen molar-refractivity contribution in [1.82, 2.24) is 5.32 Å². The Bertz CT molecular complexity index is 685. The third kappa shape index (κ3) is 4.31. The number of carbonyl (C=O) groups is 1. The van der Waals surface area contributed by atoms with Gasteiger partial charge in [-0.2, -0.15) is 0 Å². The molecule has 0 unspecified atom stereocenters. The summed E-state index contributed by atoms with van der Waals surface area (Å²) in [5.41, 5.74) is 1.73. The Kier molecular flexibility index (Phi) is 5.41. The minimum atomic E-state index is -0.398. The van der Waals surface area contributed by atoms with Crippen LogP contribution in [0.5, 0.6) is 0 Å². The summed E-state index contributed by atoms with van der Waals surface area (Å²) in [6.07, 6.45) is 3.34. The fraction of sp³-hybridized carbons (Fsp3) is 0.250. The highest BCUT2D eigenvalue weighted by atomic mass is 16.7. The summed E-state index contributed by atoms with van der Waals surface area (Å²) < 4.78 is 11.5. The van der Waals surface area contributed by atoms with Crippen molar-refractivity contribution in [3.63, 3.8) is 0 Å². The van der Waals surface area contributed by atoms with Crippen molar-refractivity contribution in [2.24, 2.45) is 0 Å². The first-order valence-electron chi connectivity index (χ1n) is 8.08. The molecule has 4 heteroatoms. The lowest BCUT2D eigenvalue weighted by molar-refractivity contribution is -0.192. The zero-order valence-electron chi connectivity index (χ0n) is 13.6. The predicted octanol–water partition coefficient (Wildman–Crippen LogP) is 3.26. The maximum Gasteiger partial charge on any atom is 0.251 e. The molecule has 1 saturated heterocycles. The molecule has 124 valence electrons. The van der Waals surface area contributed by atoms with Gasteiger partial charge in [-0.1, -0.05) is 54.6 Å². The average Bonchev–Trinajstić information content (AvgIpc) is 2.63. The zero-order chi connectivity index (χ0) is 16.8. The molecule has 3 atom stereocenters. The van der Waals surface area contributed by atoms with Crippen LogP contribution in [0.25, 0.3) is 6.08 Å². The Balaban J connectivity index is 1.54. The molecular formula is C20H21NO3. The molecule has 1 aliphatic heterocycles. The van der Waals surface area contributed by atoms with Crippen LogP contribution in [0, 0.1) is 0 Å². The maximum atomic E-state index is 12.2. The maximum absolute atomic E-state index is 12.2. The number of rotatable bonds is 4. The van der Waals surface area contributed by atoms with E-state index in [9.17, 15) is 4.79 Å². The van der Waals surface area contributed by atoms with Crippen molar-refractivity contribution < 1.29 is 14.3 Å². The van der Waals surface area contributed by atoms with Gasteiger partial charge in [0.2, 0.25) is 0 Å². The van der Waals surface area contributed by atoms with E-state index in [0.29, 0.717) is 12.2 Å².